The molecule has 3 nitrogen and oxygen atoms in total. The van der Waals surface area contributed by atoms with E-state index in [0.29, 0.717) is 5.57 Å². The van der Waals surface area contributed by atoms with Crippen molar-refractivity contribution in [3.05, 3.63) is 36.0 Å². The Kier molecular flexibility index (Phi) is 3.50. The topological polar surface area (TPSA) is 60.7 Å². The van der Waals surface area contributed by atoms with Crippen LogP contribution in [0.5, 0.6) is 0 Å². The van der Waals surface area contributed by atoms with Crippen molar-refractivity contribution in [2.75, 3.05) is 0 Å². The first-order valence-corrected chi connectivity index (χ1v) is 4.97. The van der Waals surface area contributed by atoms with E-state index in [9.17, 15) is 15.3 Å². The summed E-state index contributed by atoms with van der Waals surface area (Å²) in [5, 5.41) is 29.0. The van der Waals surface area contributed by atoms with Crippen LogP contribution in [0.2, 0.25) is 0 Å². The van der Waals surface area contributed by atoms with E-state index in [0.717, 1.165) is 5.57 Å². The van der Waals surface area contributed by atoms with E-state index < -0.39 is 17.8 Å². The summed E-state index contributed by atoms with van der Waals surface area (Å²) in [6.45, 7) is 7.06. The fraction of sp³-hybridized carbons (Fsp3) is 0.500. The van der Waals surface area contributed by atoms with Crippen molar-refractivity contribution in [3.8, 4) is 0 Å². The van der Waals surface area contributed by atoms with Gasteiger partial charge < -0.3 is 15.3 Å². The molecule has 1 aliphatic rings. The average molecular weight is 210 g/mol. The van der Waals surface area contributed by atoms with Gasteiger partial charge in [-0.2, -0.15) is 0 Å². The van der Waals surface area contributed by atoms with Crippen LogP contribution >= 0.6 is 0 Å². The summed E-state index contributed by atoms with van der Waals surface area (Å²) >= 11 is 0. The van der Waals surface area contributed by atoms with Crippen molar-refractivity contribution in [1.82, 2.24) is 0 Å². The summed E-state index contributed by atoms with van der Waals surface area (Å²) in [5.74, 6) is 0. The van der Waals surface area contributed by atoms with Gasteiger partial charge in [0.15, 0.2) is 0 Å². The summed E-state index contributed by atoms with van der Waals surface area (Å²) in [7, 11) is 0. The van der Waals surface area contributed by atoms with E-state index in [1.165, 1.54) is 13.0 Å². The SMILES string of the molecule is C=C(C)/C=C/C1=C[C@H](O)[C@](C)(O)C[C@@H]1O. The number of rotatable bonds is 2. The normalized spacial score (nSPS) is 36.7. The Labute approximate surface area is 90.1 Å². The molecule has 1 aliphatic carbocycles. The molecule has 0 unspecified atom stereocenters. The van der Waals surface area contributed by atoms with E-state index >= 15 is 0 Å². The van der Waals surface area contributed by atoms with Crippen LogP contribution in [-0.2, 0) is 0 Å². The molecule has 0 fully saturated rings. The first kappa shape index (κ1) is 12.2. The molecule has 0 saturated heterocycles. The van der Waals surface area contributed by atoms with Gasteiger partial charge >= 0.3 is 0 Å². The predicted molar refractivity (Wildman–Crippen MR) is 59.3 cm³/mol. The number of hydrogen-bond acceptors (Lipinski definition) is 3. The van der Waals surface area contributed by atoms with Gasteiger partial charge in [0, 0.05) is 6.42 Å². The molecule has 0 bridgehead atoms. The van der Waals surface area contributed by atoms with E-state index in [4.69, 9.17) is 0 Å². The van der Waals surface area contributed by atoms with Gasteiger partial charge in [-0.15, -0.1) is 0 Å². The number of aliphatic hydroxyl groups excluding tert-OH is 2. The summed E-state index contributed by atoms with van der Waals surface area (Å²) in [6.07, 6.45) is 3.42. The lowest BCUT2D eigenvalue weighted by Gasteiger charge is -2.34. The molecule has 0 aromatic carbocycles. The maximum atomic E-state index is 9.71. The maximum Gasteiger partial charge on any atom is 0.101 e. The van der Waals surface area contributed by atoms with Crippen LogP contribution in [0, 0.1) is 0 Å². The molecular formula is C12H18O3. The Balaban J connectivity index is 2.87. The van der Waals surface area contributed by atoms with Crippen molar-refractivity contribution in [1.29, 1.82) is 0 Å². The van der Waals surface area contributed by atoms with Crippen molar-refractivity contribution in [2.24, 2.45) is 0 Å². The van der Waals surface area contributed by atoms with E-state index in [1.54, 1.807) is 12.2 Å². The molecule has 1 rings (SSSR count). The summed E-state index contributed by atoms with van der Waals surface area (Å²) < 4.78 is 0. The Morgan fingerprint density at radius 2 is 2.20 bits per heavy atom. The zero-order valence-corrected chi connectivity index (χ0v) is 9.14. The molecule has 15 heavy (non-hydrogen) atoms. The van der Waals surface area contributed by atoms with Crippen LogP contribution in [-0.4, -0.2) is 33.1 Å². The van der Waals surface area contributed by atoms with Crippen LogP contribution in [0.25, 0.3) is 0 Å². The van der Waals surface area contributed by atoms with E-state index in [1.807, 2.05) is 6.92 Å². The maximum absolute atomic E-state index is 9.71. The van der Waals surface area contributed by atoms with Gasteiger partial charge in [-0.3, -0.25) is 0 Å². The summed E-state index contributed by atoms with van der Waals surface area (Å²) in [6, 6.07) is 0. The van der Waals surface area contributed by atoms with E-state index in [-0.39, 0.29) is 6.42 Å². The van der Waals surface area contributed by atoms with Gasteiger partial charge in [0.2, 0.25) is 0 Å². The van der Waals surface area contributed by atoms with Crippen LogP contribution in [0.15, 0.2) is 36.0 Å². The Hall–Kier alpha value is -0.900. The monoisotopic (exact) mass is 210 g/mol. The largest absolute Gasteiger partial charge is 0.388 e. The highest BCUT2D eigenvalue weighted by Crippen LogP contribution is 2.28. The highest BCUT2D eigenvalue weighted by Gasteiger charge is 2.36. The third kappa shape index (κ3) is 3.02. The fourth-order valence-electron chi connectivity index (χ4n) is 1.51. The molecule has 3 atom stereocenters. The van der Waals surface area contributed by atoms with Gasteiger partial charge in [0.1, 0.15) is 6.10 Å². The molecule has 0 aliphatic heterocycles. The van der Waals surface area contributed by atoms with Gasteiger partial charge in [-0.25, -0.2) is 0 Å². The molecular weight excluding hydrogens is 192 g/mol. The Morgan fingerprint density at radius 3 is 2.73 bits per heavy atom. The minimum Gasteiger partial charge on any atom is -0.388 e. The fourth-order valence-corrected chi connectivity index (χ4v) is 1.51. The predicted octanol–water partition coefficient (Wildman–Crippen LogP) is 0.922. The number of aliphatic hydroxyl groups is 3. The van der Waals surface area contributed by atoms with Gasteiger partial charge in [0.05, 0.1) is 11.7 Å². The molecule has 3 heteroatoms. The Bertz CT molecular complexity index is 313. The third-order valence-corrected chi connectivity index (χ3v) is 2.54. The quantitative estimate of drug-likeness (QED) is 0.594. The van der Waals surface area contributed by atoms with Crippen LogP contribution in [0.1, 0.15) is 20.3 Å². The van der Waals surface area contributed by atoms with Crippen LogP contribution < -0.4 is 0 Å². The van der Waals surface area contributed by atoms with Crippen LogP contribution in [0.4, 0.5) is 0 Å². The van der Waals surface area contributed by atoms with Crippen molar-refractivity contribution >= 4 is 0 Å². The third-order valence-electron chi connectivity index (χ3n) is 2.54. The summed E-state index contributed by atoms with van der Waals surface area (Å²) in [5.41, 5.74) is 0.243. The first-order chi connectivity index (χ1) is 6.83. The molecule has 0 spiro atoms. The highest BCUT2D eigenvalue weighted by molar-refractivity contribution is 5.32. The molecule has 3 N–H and O–H groups in total. The molecule has 0 saturated carbocycles. The van der Waals surface area contributed by atoms with E-state index in [2.05, 4.69) is 6.58 Å². The second-order valence-corrected chi connectivity index (χ2v) is 4.37. The second kappa shape index (κ2) is 4.31. The minimum atomic E-state index is -1.25. The minimum absolute atomic E-state index is 0.139. The smallest absolute Gasteiger partial charge is 0.101 e. The lowest BCUT2D eigenvalue weighted by Crippen LogP contribution is -2.45. The van der Waals surface area contributed by atoms with Crippen molar-refractivity contribution in [2.45, 2.75) is 38.1 Å². The highest BCUT2D eigenvalue weighted by atomic mass is 16.3. The molecule has 0 aromatic heterocycles. The van der Waals surface area contributed by atoms with Crippen LogP contribution in [0.3, 0.4) is 0 Å². The van der Waals surface area contributed by atoms with Gasteiger partial charge in [-0.05, 0) is 25.5 Å². The number of allylic oxidation sites excluding steroid dienone is 2. The average Bonchev–Trinajstić information content (AvgIpc) is 2.08. The van der Waals surface area contributed by atoms with Gasteiger partial charge in [0.25, 0.3) is 0 Å². The molecule has 0 amide bonds. The molecule has 0 aromatic rings. The molecule has 0 heterocycles. The standard InChI is InChI=1S/C12H18O3/c1-8(2)4-5-9-6-11(14)12(3,15)7-10(9)13/h4-6,10-11,13-15H,1,7H2,2-3H3/b5-4+/t10-,11-,12+/m0/s1. The lowest BCUT2D eigenvalue weighted by molar-refractivity contribution is -0.0706. The second-order valence-electron chi connectivity index (χ2n) is 4.37. The zero-order chi connectivity index (χ0) is 11.6. The molecule has 84 valence electrons. The van der Waals surface area contributed by atoms with Crippen molar-refractivity contribution < 1.29 is 15.3 Å². The Morgan fingerprint density at radius 1 is 1.60 bits per heavy atom. The van der Waals surface area contributed by atoms with Gasteiger partial charge in [-0.1, -0.05) is 24.3 Å². The zero-order valence-electron chi connectivity index (χ0n) is 9.14. The van der Waals surface area contributed by atoms with Crippen molar-refractivity contribution in [3.63, 3.8) is 0 Å². The number of hydrogen-bond donors (Lipinski definition) is 3. The molecule has 0 radical (unpaired) electrons. The summed E-state index contributed by atoms with van der Waals surface area (Å²) in [4.78, 5) is 0. The lowest BCUT2D eigenvalue weighted by atomic mass is 9.82. The first-order valence-electron chi connectivity index (χ1n) is 4.97.